The molecular formula is C19H17N7O2. The molecule has 9 heteroatoms. The number of amides is 1. The highest BCUT2D eigenvalue weighted by molar-refractivity contribution is 6.03. The molecule has 0 unspecified atom stereocenters. The summed E-state index contributed by atoms with van der Waals surface area (Å²) in [6, 6.07) is 12.6. The van der Waals surface area contributed by atoms with E-state index in [9.17, 15) is 4.79 Å². The Balaban J connectivity index is 1.52. The molecule has 0 radical (unpaired) electrons. The highest BCUT2D eigenvalue weighted by Gasteiger charge is 2.10. The van der Waals surface area contributed by atoms with Crippen LogP contribution in [0.2, 0.25) is 0 Å². The Kier molecular flexibility index (Phi) is 4.63. The van der Waals surface area contributed by atoms with Crippen molar-refractivity contribution in [1.29, 1.82) is 0 Å². The van der Waals surface area contributed by atoms with Gasteiger partial charge in [0, 0.05) is 17.3 Å². The molecule has 0 bridgehead atoms. The van der Waals surface area contributed by atoms with Crippen molar-refractivity contribution in [2.75, 3.05) is 11.9 Å². The van der Waals surface area contributed by atoms with Crippen molar-refractivity contribution in [2.24, 2.45) is 0 Å². The van der Waals surface area contributed by atoms with Crippen molar-refractivity contribution in [3.63, 3.8) is 0 Å². The Bertz CT molecular complexity index is 1140. The predicted octanol–water partition coefficient (Wildman–Crippen LogP) is 2.54. The van der Waals surface area contributed by atoms with Crippen LogP contribution in [-0.4, -0.2) is 42.3 Å². The highest BCUT2D eigenvalue weighted by Crippen LogP contribution is 2.20. The summed E-state index contributed by atoms with van der Waals surface area (Å²) in [6.45, 7) is 4.16. The lowest BCUT2D eigenvalue weighted by molar-refractivity contribution is 0.102. The summed E-state index contributed by atoms with van der Waals surface area (Å²) in [6.07, 6.45) is 1.30. The van der Waals surface area contributed by atoms with Crippen LogP contribution in [0.25, 0.3) is 16.9 Å². The Hall–Kier alpha value is -3.88. The zero-order chi connectivity index (χ0) is 19.5. The summed E-state index contributed by atoms with van der Waals surface area (Å²) >= 11 is 0. The lowest BCUT2D eigenvalue weighted by atomic mass is 10.1. The second kappa shape index (κ2) is 7.39. The molecule has 4 aromatic rings. The van der Waals surface area contributed by atoms with E-state index in [-0.39, 0.29) is 11.6 Å². The first-order valence-electron chi connectivity index (χ1n) is 8.70. The molecule has 0 aliphatic heterocycles. The fourth-order valence-electron chi connectivity index (χ4n) is 2.66. The number of benzene rings is 1. The number of ether oxygens (including phenoxy) is 1. The van der Waals surface area contributed by atoms with Gasteiger partial charge < -0.3 is 10.1 Å². The van der Waals surface area contributed by atoms with Gasteiger partial charge in [0.05, 0.1) is 12.3 Å². The highest BCUT2D eigenvalue weighted by atomic mass is 16.5. The first-order chi connectivity index (χ1) is 13.6. The van der Waals surface area contributed by atoms with Gasteiger partial charge in [0.15, 0.2) is 11.5 Å². The second-order valence-electron chi connectivity index (χ2n) is 5.94. The van der Waals surface area contributed by atoms with Gasteiger partial charge in [0.1, 0.15) is 12.0 Å². The molecule has 9 nitrogen and oxygen atoms in total. The van der Waals surface area contributed by atoms with E-state index < -0.39 is 0 Å². The Morgan fingerprint density at radius 2 is 1.93 bits per heavy atom. The van der Waals surface area contributed by atoms with Crippen molar-refractivity contribution in [3.8, 4) is 17.1 Å². The van der Waals surface area contributed by atoms with Gasteiger partial charge in [0.25, 0.3) is 5.91 Å². The molecule has 3 heterocycles. The van der Waals surface area contributed by atoms with E-state index in [1.54, 1.807) is 4.52 Å². The van der Waals surface area contributed by atoms with Crippen molar-refractivity contribution >= 4 is 17.2 Å². The molecule has 28 heavy (non-hydrogen) atoms. The first kappa shape index (κ1) is 17.5. The fourth-order valence-corrected chi connectivity index (χ4v) is 2.66. The smallest absolute Gasteiger partial charge is 0.274 e. The third kappa shape index (κ3) is 3.50. The van der Waals surface area contributed by atoms with Crippen LogP contribution in [0.3, 0.4) is 0 Å². The van der Waals surface area contributed by atoms with E-state index in [0.29, 0.717) is 23.8 Å². The number of carbonyl (C=O) groups is 1. The minimum absolute atomic E-state index is 0.234. The Morgan fingerprint density at radius 1 is 1.11 bits per heavy atom. The van der Waals surface area contributed by atoms with Gasteiger partial charge in [-0.25, -0.2) is 9.97 Å². The number of carbonyl (C=O) groups excluding carboxylic acids is 1. The largest absolute Gasteiger partial charge is 0.478 e. The molecule has 0 aliphatic rings. The number of nitrogens with zero attached hydrogens (tertiary/aromatic N) is 6. The molecule has 0 saturated carbocycles. The SMILES string of the molecule is CCOc1cc(C(=O)Nc2ccc(-c3ccc4nnc(C)n4n3)cc2)ncn1. The fraction of sp³-hybridized carbons (Fsp3) is 0.158. The zero-order valence-electron chi connectivity index (χ0n) is 15.3. The summed E-state index contributed by atoms with van der Waals surface area (Å²) in [5, 5.41) is 15.4. The van der Waals surface area contributed by atoms with Gasteiger partial charge in [-0.2, -0.15) is 9.61 Å². The van der Waals surface area contributed by atoms with Crippen molar-refractivity contribution in [2.45, 2.75) is 13.8 Å². The summed E-state index contributed by atoms with van der Waals surface area (Å²) in [5.74, 6) is 0.747. The van der Waals surface area contributed by atoms with Crippen LogP contribution in [0.1, 0.15) is 23.2 Å². The van der Waals surface area contributed by atoms with Crippen molar-refractivity contribution < 1.29 is 9.53 Å². The molecule has 0 saturated heterocycles. The molecule has 1 N–H and O–H groups in total. The van der Waals surface area contributed by atoms with Crippen LogP contribution in [0.4, 0.5) is 5.69 Å². The summed E-state index contributed by atoms with van der Waals surface area (Å²) in [5.41, 5.74) is 3.27. The van der Waals surface area contributed by atoms with E-state index in [1.165, 1.54) is 12.4 Å². The topological polar surface area (TPSA) is 107 Å². The molecule has 140 valence electrons. The van der Waals surface area contributed by atoms with Crippen LogP contribution >= 0.6 is 0 Å². The maximum absolute atomic E-state index is 12.4. The molecule has 0 fully saturated rings. The van der Waals surface area contributed by atoms with E-state index in [0.717, 1.165) is 17.1 Å². The van der Waals surface area contributed by atoms with E-state index in [2.05, 4.69) is 30.6 Å². The molecule has 0 aliphatic carbocycles. The van der Waals surface area contributed by atoms with Crippen LogP contribution in [-0.2, 0) is 0 Å². The predicted molar refractivity (Wildman–Crippen MR) is 102 cm³/mol. The minimum Gasteiger partial charge on any atom is -0.478 e. The molecule has 4 rings (SSSR count). The number of aromatic nitrogens is 6. The zero-order valence-corrected chi connectivity index (χ0v) is 15.3. The van der Waals surface area contributed by atoms with Crippen molar-refractivity contribution in [1.82, 2.24) is 29.8 Å². The van der Waals surface area contributed by atoms with Crippen LogP contribution < -0.4 is 10.1 Å². The third-order valence-electron chi connectivity index (χ3n) is 4.02. The van der Waals surface area contributed by atoms with E-state index in [1.807, 2.05) is 50.2 Å². The Labute approximate surface area is 160 Å². The summed E-state index contributed by atoms with van der Waals surface area (Å²) in [7, 11) is 0. The second-order valence-corrected chi connectivity index (χ2v) is 5.94. The lowest BCUT2D eigenvalue weighted by Crippen LogP contribution is -2.14. The molecule has 1 aromatic carbocycles. The maximum Gasteiger partial charge on any atom is 0.274 e. The molecular weight excluding hydrogens is 358 g/mol. The van der Waals surface area contributed by atoms with Gasteiger partial charge in [0.2, 0.25) is 5.88 Å². The molecule has 3 aromatic heterocycles. The number of anilines is 1. The first-order valence-corrected chi connectivity index (χ1v) is 8.70. The Morgan fingerprint density at radius 3 is 2.71 bits per heavy atom. The summed E-state index contributed by atoms with van der Waals surface area (Å²) < 4.78 is 6.99. The van der Waals surface area contributed by atoms with Crippen LogP contribution in [0, 0.1) is 6.92 Å². The number of fused-ring (bicyclic) bond motifs is 1. The van der Waals surface area contributed by atoms with Gasteiger partial charge in [-0.3, -0.25) is 4.79 Å². The number of hydrogen-bond donors (Lipinski definition) is 1. The third-order valence-corrected chi connectivity index (χ3v) is 4.02. The number of rotatable bonds is 5. The van der Waals surface area contributed by atoms with Crippen LogP contribution in [0.5, 0.6) is 5.88 Å². The van der Waals surface area contributed by atoms with Gasteiger partial charge in [-0.05, 0) is 38.1 Å². The van der Waals surface area contributed by atoms with E-state index in [4.69, 9.17) is 4.74 Å². The monoisotopic (exact) mass is 375 g/mol. The van der Waals surface area contributed by atoms with E-state index >= 15 is 0 Å². The number of nitrogens with one attached hydrogen (secondary N) is 1. The normalized spacial score (nSPS) is 10.8. The number of hydrogen-bond acceptors (Lipinski definition) is 7. The summed E-state index contributed by atoms with van der Waals surface area (Å²) in [4.78, 5) is 20.3. The van der Waals surface area contributed by atoms with Gasteiger partial charge in [-0.1, -0.05) is 12.1 Å². The minimum atomic E-state index is -0.337. The standard InChI is InChI=1S/C19H17N7O2/c1-3-28-18-10-16(20-11-21-18)19(27)22-14-6-4-13(5-7-14)15-8-9-17-24-23-12(2)26(17)25-15/h4-11H,3H2,1-2H3,(H,22,27). The average Bonchev–Trinajstić information content (AvgIpc) is 3.09. The maximum atomic E-state index is 12.4. The molecule has 1 amide bonds. The van der Waals surface area contributed by atoms with Gasteiger partial charge in [-0.15, -0.1) is 10.2 Å². The molecule has 0 spiro atoms. The average molecular weight is 375 g/mol. The van der Waals surface area contributed by atoms with Crippen LogP contribution in [0.15, 0.2) is 48.8 Å². The lowest BCUT2D eigenvalue weighted by Gasteiger charge is -2.07. The van der Waals surface area contributed by atoms with Crippen molar-refractivity contribution in [3.05, 3.63) is 60.3 Å². The molecule has 0 atom stereocenters. The van der Waals surface area contributed by atoms with Gasteiger partial charge >= 0.3 is 0 Å². The number of aryl methyl sites for hydroxylation is 1. The quantitative estimate of drug-likeness (QED) is 0.571.